The largest absolute Gasteiger partial charge is 0.385 e. The van der Waals surface area contributed by atoms with Crippen LogP contribution in [0.5, 0.6) is 0 Å². The molecule has 0 saturated carbocycles. The molecule has 5 nitrogen and oxygen atoms in total. The lowest BCUT2D eigenvalue weighted by Crippen LogP contribution is -2.38. The first kappa shape index (κ1) is 15.8. The summed E-state index contributed by atoms with van der Waals surface area (Å²) in [6, 6.07) is 5.85. The van der Waals surface area contributed by atoms with Crippen LogP contribution in [0.4, 0.5) is 11.4 Å². The number of nitrogens with zero attached hydrogens (tertiary/aromatic N) is 2. The van der Waals surface area contributed by atoms with E-state index in [1.54, 1.807) is 12.1 Å². The Morgan fingerprint density at radius 2 is 2.19 bits per heavy atom. The van der Waals surface area contributed by atoms with E-state index >= 15 is 0 Å². The molecule has 5 heteroatoms. The Balaban J connectivity index is 1.79. The second-order valence-corrected chi connectivity index (χ2v) is 5.98. The van der Waals surface area contributed by atoms with E-state index in [2.05, 4.69) is 17.1 Å². The molecule has 1 atom stereocenters. The van der Waals surface area contributed by atoms with Crippen molar-refractivity contribution in [1.82, 2.24) is 4.90 Å². The number of likely N-dealkylation sites (tertiary alicyclic amines) is 1. The molecule has 1 saturated heterocycles. The highest BCUT2D eigenvalue weighted by Crippen LogP contribution is 2.20. The van der Waals surface area contributed by atoms with Crippen LogP contribution in [0.25, 0.3) is 0 Å². The fourth-order valence-corrected chi connectivity index (χ4v) is 2.98. The Kier molecular flexibility index (Phi) is 5.56. The summed E-state index contributed by atoms with van der Waals surface area (Å²) in [5, 5.41) is 14.2. The Labute approximate surface area is 126 Å². The van der Waals surface area contributed by atoms with Gasteiger partial charge in [-0.25, -0.2) is 0 Å². The van der Waals surface area contributed by atoms with Gasteiger partial charge in [-0.3, -0.25) is 10.1 Å². The van der Waals surface area contributed by atoms with Crippen molar-refractivity contribution in [2.45, 2.75) is 45.6 Å². The SMILES string of the molecule is Cc1cc(NCCCN2CCCCC2C)cc([N+](=O)[O-])c1. The second-order valence-electron chi connectivity index (χ2n) is 5.98. The summed E-state index contributed by atoms with van der Waals surface area (Å²) in [6.07, 6.45) is 5.02. The molecular weight excluding hydrogens is 266 g/mol. The molecule has 0 radical (unpaired) electrons. The normalized spacial score (nSPS) is 19.4. The molecule has 1 aromatic carbocycles. The van der Waals surface area contributed by atoms with Gasteiger partial charge in [0.05, 0.1) is 4.92 Å². The number of benzene rings is 1. The summed E-state index contributed by atoms with van der Waals surface area (Å²) < 4.78 is 0. The molecule has 1 aliphatic heterocycles. The highest BCUT2D eigenvalue weighted by atomic mass is 16.6. The van der Waals surface area contributed by atoms with Gasteiger partial charge in [-0.05, 0) is 51.3 Å². The molecule has 0 aliphatic carbocycles. The lowest BCUT2D eigenvalue weighted by atomic mass is 10.0. The maximum Gasteiger partial charge on any atom is 0.271 e. The number of rotatable bonds is 6. The Hall–Kier alpha value is -1.62. The minimum Gasteiger partial charge on any atom is -0.385 e. The third-order valence-electron chi connectivity index (χ3n) is 4.16. The van der Waals surface area contributed by atoms with E-state index in [9.17, 15) is 10.1 Å². The average Bonchev–Trinajstić information content (AvgIpc) is 2.44. The van der Waals surface area contributed by atoms with Gasteiger partial charge in [-0.2, -0.15) is 0 Å². The third kappa shape index (κ3) is 4.70. The van der Waals surface area contributed by atoms with E-state index in [1.165, 1.54) is 25.8 Å². The number of piperidine rings is 1. The minimum absolute atomic E-state index is 0.155. The van der Waals surface area contributed by atoms with Gasteiger partial charge in [0, 0.05) is 37.0 Å². The van der Waals surface area contributed by atoms with Crippen LogP contribution in [-0.4, -0.2) is 35.5 Å². The smallest absolute Gasteiger partial charge is 0.271 e. The number of anilines is 1. The maximum absolute atomic E-state index is 10.8. The highest BCUT2D eigenvalue weighted by molar-refractivity contribution is 5.53. The first-order valence-electron chi connectivity index (χ1n) is 7.80. The number of nitrogens with one attached hydrogen (secondary N) is 1. The second kappa shape index (κ2) is 7.41. The summed E-state index contributed by atoms with van der Waals surface area (Å²) in [4.78, 5) is 13.1. The molecule has 21 heavy (non-hydrogen) atoms. The van der Waals surface area contributed by atoms with E-state index < -0.39 is 0 Å². The summed E-state index contributed by atoms with van der Waals surface area (Å²) in [6.45, 7) is 7.34. The molecule has 0 bridgehead atoms. The van der Waals surface area contributed by atoms with Crippen molar-refractivity contribution in [3.8, 4) is 0 Å². The fraction of sp³-hybridized carbons (Fsp3) is 0.625. The van der Waals surface area contributed by atoms with Crippen molar-refractivity contribution >= 4 is 11.4 Å². The van der Waals surface area contributed by atoms with Crippen LogP contribution in [0.1, 0.15) is 38.2 Å². The molecule has 1 N–H and O–H groups in total. The van der Waals surface area contributed by atoms with Crippen molar-refractivity contribution in [3.63, 3.8) is 0 Å². The first-order chi connectivity index (χ1) is 10.1. The monoisotopic (exact) mass is 291 g/mol. The topological polar surface area (TPSA) is 58.4 Å². The van der Waals surface area contributed by atoms with E-state index in [0.29, 0.717) is 6.04 Å². The summed E-state index contributed by atoms with van der Waals surface area (Å²) in [5.74, 6) is 0. The van der Waals surface area contributed by atoms with E-state index in [0.717, 1.165) is 30.8 Å². The van der Waals surface area contributed by atoms with E-state index in [4.69, 9.17) is 0 Å². The Morgan fingerprint density at radius 3 is 2.90 bits per heavy atom. The van der Waals surface area contributed by atoms with Gasteiger partial charge in [0.2, 0.25) is 0 Å². The third-order valence-corrected chi connectivity index (χ3v) is 4.16. The van der Waals surface area contributed by atoms with Gasteiger partial charge in [0.15, 0.2) is 0 Å². The van der Waals surface area contributed by atoms with Gasteiger partial charge >= 0.3 is 0 Å². The van der Waals surface area contributed by atoms with Crippen LogP contribution in [0.3, 0.4) is 0 Å². The molecular formula is C16H25N3O2. The quantitative estimate of drug-likeness (QED) is 0.494. The van der Waals surface area contributed by atoms with Gasteiger partial charge in [-0.15, -0.1) is 0 Å². The Morgan fingerprint density at radius 1 is 1.38 bits per heavy atom. The summed E-state index contributed by atoms with van der Waals surface area (Å²) in [7, 11) is 0. The fourth-order valence-electron chi connectivity index (χ4n) is 2.98. The predicted molar refractivity (Wildman–Crippen MR) is 85.8 cm³/mol. The molecule has 0 aromatic heterocycles. The number of non-ortho nitro benzene ring substituents is 1. The zero-order valence-electron chi connectivity index (χ0n) is 13.0. The number of hydrogen-bond acceptors (Lipinski definition) is 4. The van der Waals surface area contributed by atoms with Gasteiger partial charge in [0.1, 0.15) is 0 Å². The minimum atomic E-state index is -0.340. The molecule has 2 rings (SSSR count). The van der Waals surface area contributed by atoms with Gasteiger partial charge in [-0.1, -0.05) is 6.42 Å². The first-order valence-corrected chi connectivity index (χ1v) is 7.80. The number of nitro benzene ring substituents is 1. The van der Waals surface area contributed by atoms with Crippen LogP contribution < -0.4 is 5.32 Å². The molecule has 116 valence electrons. The van der Waals surface area contributed by atoms with E-state index in [1.807, 2.05) is 13.0 Å². The molecule has 1 aliphatic rings. The van der Waals surface area contributed by atoms with Crippen molar-refractivity contribution in [2.24, 2.45) is 0 Å². The molecule has 1 fully saturated rings. The predicted octanol–water partition coefficient (Wildman–Crippen LogP) is 3.58. The van der Waals surface area contributed by atoms with Gasteiger partial charge in [0.25, 0.3) is 5.69 Å². The lowest BCUT2D eigenvalue weighted by Gasteiger charge is -2.33. The van der Waals surface area contributed by atoms with Crippen molar-refractivity contribution in [1.29, 1.82) is 0 Å². The average molecular weight is 291 g/mol. The van der Waals surface area contributed by atoms with Crippen LogP contribution in [0.2, 0.25) is 0 Å². The van der Waals surface area contributed by atoms with E-state index in [-0.39, 0.29) is 10.6 Å². The number of hydrogen-bond donors (Lipinski definition) is 1. The molecule has 1 heterocycles. The lowest BCUT2D eigenvalue weighted by molar-refractivity contribution is -0.384. The number of nitro groups is 1. The van der Waals surface area contributed by atoms with Crippen LogP contribution >= 0.6 is 0 Å². The standard InChI is InChI=1S/C16H25N3O2/c1-13-10-15(12-16(11-13)19(20)21)17-7-5-9-18-8-4-3-6-14(18)2/h10-12,14,17H,3-9H2,1-2H3. The molecule has 0 amide bonds. The maximum atomic E-state index is 10.8. The van der Waals surface area contributed by atoms with Crippen LogP contribution in [0, 0.1) is 17.0 Å². The molecule has 1 unspecified atom stereocenters. The Bertz CT molecular complexity index is 490. The molecule has 1 aromatic rings. The van der Waals surface area contributed by atoms with Gasteiger partial charge < -0.3 is 10.2 Å². The van der Waals surface area contributed by atoms with Crippen LogP contribution in [-0.2, 0) is 0 Å². The van der Waals surface area contributed by atoms with Crippen molar-refractivity contribution < 1.29 is 4.92 Å². The van der Waals surface area contributed by atoms with Crippen molar-refractivity contribution in [2.75, 3.05) is 25.0 Å². The summed E-state index contributed by atoms with van der Waals surface area (Å²) in [5.41, 5.74) is 1.91. The number of aryl methyl sites for hydroxylation is 1. The highest BCUT2D eigenvalue weighted by Gasteiger charge is 2.17. The molecule has 0 spiro atoms. The zero-order valence-corrected chi connectivity index (χ0v) is 13.0. The zero-order chi connectivity index (χ0) is 15.2. The summed E-state index contributed by atoms with van der Waals surface area (Å²) >= 11 is 0. The van der Waals surface area contributed by atoms with Crippen LogP contribution in [0.15, 0.2) is 18.2 Å². The van der Waals surface area contributed by atoms with Crippen molar-refractivity contribution in [3.05, 3.63) is 33.9 Å².